The molecule has 126 valence electrons. The molecule has 0 spiro atoms. The van der Waals surface area contributed by atoms with Crippen LogP contribution in [0.15, 0.2) is 12.1 Å². The lowest BCUT2D eigenvalue weighted by molar-refractivity contribution is 0.0699. The number of unbranched alkanes of at least 4 members (excludes halogenated alkanes) is 3. The summed E-state index contributed by atoms with van der Waals surface area (Å²) in [5.74, 6) is -0.856. The second-order valence-electron chi connectivity index (χ2n) is 5.64. The highest BCUT2D eigenvalue weighted by atomic mass is 35.5. The van der Waals surface area contributed by atoms with Crippen LogP contribution in [-0.4, -0.2) is 22.3 Å². The number of hydrogen-bond donors (Lipinski definition) is 2. The number of thiophene rings is 1. The van der Waals surface area contributed by atoms with Crippen molar-refractivity contribution in [2.45, 2.75) is 52.1 Å². The van der Waals surface area contributed by atoms with Gasteiger partial charge in [0.1, 0.15) is 11.5 Å². The van der Waals surface area contributed by atoms with Crippen LogP contribution < -0.4 is 4.74 Å². The number of aromatic hydroxyl groups is 1. The Labute approximate surface area is 144 Å². The Morgan fingerprint density at radius 2 is 2.09 bits per heavy atom. The van der Waals surface area contributed by atoms with Gasteiger partial charge in [0.2, 0.25) is 0 Å². The van der Waals surface area contributed by atoms with Crippen LogP contribution in [0.1, 0.15) is 55.6 Å². The lowest BCUT2D eigenvalue weighted by Crippen LogP contribution is -2.11. The molecular formula is C17H21ClO4S. The van der Waals surface area contributed by atoms with Gasteiger partial charge in [0.05, 0.1) is 11.1 Å². The third-order valence-electron chi connectivity index (χ3n) is 3.70. The van der Waals surface area contributed by atoms with Crippen LogP contribution in [0, 0.1) is 0 Å². The van der Waals surface area contributed by atoms with Crippen molar-refractivity contribution in [2.24, 2.45) is 0 Å². The molecule has 0 aliphatic rings. The highest BCUT2D eigenvalue weighted by Gasteiger charge is 2.19. The van der Waals surface area contributed by atoms with Gasteiger partial charge < -0.3 is 14.9 Å². The molecule has 1 aromatic carbocycles. The van der Waals surface area contributed by atoms with E-state index in [9.17, 15) is 9.90 Å². The van der Waals surface area contributed by atoms with Crippen molar-refractivity contribution in [3.63, 3.8) is 0 Å². The van der Waals surface area contributed by atoms with E-state index in [0.29, 0.717) is 20.9 Å². The number of carbonyl (C=O) groups is 1. The second kappa shape index (κ2) is 7.88. The number of carboxylic acid groups (broad SMARTS) is 1. The molecule has 0 saturated heterocycles. The predicted molar refractivity (Wildman–Crippen MR) is 94.3 cm³/mol. The number of benzene rings is 1. The molecule has 23 heavy (non-hydrogen) atoms. The van der Waals surface area contributed by atoms with Crippen molar-refractivity contribution in [2.75, 3.05) is 0 Å². The zero-order valence-electron chi connectivity index (χ0n) is 13.3. The SMILES string of the molecule is CCCCCC[C@@H](C)Oc1cc2sc(C(=O)O)c(O)c2cc1Cl. The van der Waals surface area contributed by atoms with Gasteiger partial charge in [-0.1, -0.05) is 37.8 Å². The van der Waals surface area contributed by atoms with Gasteiger partial charge in [-0.05, 0) is 31.9 Å². The van der Waals surface area contributed by atoms with Gasteiger partial charge in [-0.15, -0.1) is 11.3 Å². The van der Waals surface area contributed by atoms with Crippen molar-refractivity contribution in [1.29, 1.82) is 0 Å². The molecule has 1 aromatic heterocycles. The number of aromatic carboxylic acids is 1. The summed E-state index contributed by atoms with van der Waals surface area (Å²) in [5.41, 5.74) is 0. The van der Waals surface area contributed by atoms with Gasteiger partial charge in [0.15, 0.2) is 4.88 Å². The summed E-state index contributed by atoms with van der Waals surface area (Å²) < 4.78 is 6.54. The molecule has 4 nitrogen and oxygen atoms in total. The monoisotopic (exact) mass is 356 g/mol. The van der Waals surface area contributed by atoms with Gasteiger partial charge in [-0.2, -0.15) is 0 Å². The summed E-state index contributed by atoms with van der Waals surface area (Å²) in [5, 5.41) is 19.9. The Balaban J connectivity index is 2.15. The average molecular weight is 357 g/mol. The minimum Gasteiger partial charge on any atom is -0.505 e. The molecule has 0 unspecified atom stereocenters. The molecule has 1 heterocycles. The highest BCUT2D eigenvalue weighted by molar-refractivity contribution is 7.21. The van der Waals surface area contributed by atoms with Crippen LogP contribution in [0.25, 0.3) is 10.1 Å². The first-order valence-corrected chi connectivity index (χ1v) is 8.98. The van der Waals surface area contributed by atoms with Gasteiger partial charge >= 0.3 is 5.97 Å². The molecular weight excluding hydrogens is 336 g/mol. The van der Waals surface area contributed by atoms with E-state index >= 15 is 0 Å². The van der Waals surface area contributed by atoms with E-state index in [1.807, 2.05) is 6.92 Å². The van der Waals surface area contributed by atoms with Crippen LogP contribution >= 0.6 is 22.9 Å². The first-order valence-electron chi connectivity index (χ1n) is 7.79. The summed E-state index contributed by atoms with van der Waals surface area (Å²) in [7, 11) is 0. The number of carboxylic acids is 1. The molecule has 2 aromatic rings. The molecule has 0 saturated carbocycles. The number of rotatable bonds is 8. The minimum absolute atomic E-state index is 0.0364. The predicted octanol–water partition coefficient (Wildman–Crippen LogP) is 5.70. The van der Waals surface area contributed by atoms with E-state index in [-0.39, 0.29) is 16.7 Å². The molecule has 2 rings (SSSR count). The molecule has 0 fully saturated rings. The Kier molecular flexibility index (Phi) is 6.13. The second-order valence-corrected chi connectivity index (χ2v) is 7.10. The van der Waals surface area contributed by atoms with Gasteiger partial charge in [0.25, 0.3) is 0 Å². The van der Waals surface area contributed by atoms with Crippen molar-refractivity contribution in [3.8, 4) is 11.5 Å². The van der Waals surface area contributed by atoms with Crippen molar-refractivity contribution in [3.05, 3.63) is 22.0 Å². The fraction of sp³-hybridized carbons (Fsp3) is 0.471. The summed E-state index contributed by atoms with van der Waals surface area (Å²) in [6.07, 6.45) is 5.71. The molecule has 0 aliphatic heterocycles. The Hall–Kier alpha value is -1.46. The maximum Gasteiger partial charge on any atom is 0.349 e. The zero-order valence-corrected chi connectivity index (χ0v) is 14.8. The van der Waals surface area contributed by atoms with Crippen molar-refractivity contribution < 1.29 is 19.7 Å². The highest BCUT2D eigenvalue weighted by Crippen LogP contribution is 2.42. The first-order chi connectivity index (χ1) is 10.9. The molecule has 0 bridgehead atoms. The maximum atomic E-state index is 11.1. The molecule has 0 amide bonds. The number of halogens is 1. The van der Waals surface area contributed by atoms with E-state index in [0.717, 1.165) is 24.2 Å². The smallest absolute Gasteiger partial charge is 0.349 e. The Bertz CT molecular complexity index is 695. The van der Waals surface area contributed by atoms with E-state index in [4.69, 9.17) is 21.4 Å². The molecule has 2 N–H and O–H groups in total. The van der Waals surface area contributed by atoms with Gasteiger partial charge in [-0.25, -0.2) is 4.79 Å². The van der Waals surface area contributed by atoms with E-state index in [1.54, 1.807) is 12.1 Å². The zero-order chi connectivity index (χ0) is 17.0. The van der Waals surface area contributed by atoms with Gasteiger partial charge in [-0.3, -0.25) is 0 Å². The lowest BCUT2D eigenvalue weighted by atomic mass is 10.1. The normalized spacial score (nSPS) is 12.5. The summed E-state index contributed by atoms with van der Waals surface area (Å²) in [4.78, 5) is 11.0. The van der Waals surface area contributed by atoms with Gasteiger partial charge in [0, 0.05) is 10.1 Å². The fourth-order valence-corrected chi connectivity index (χ4v) is 3.61. The van der Waals surface area contributed by atoms with Crippen LogP contribution in [0.3, 0.4) is 0 Å². The van der Waals surface area contributed by atoms with Crippen molar-refractivity contribution >= 4 is 39.0 Å². The Morgan fingerprint density at radius 1 is 1.35 bits per heavy atom. The first kappa shape index (κ1) is 17.9. The topological polar surface area (TPSA) is 66.8 Å². The van der Waals surface area contributed by atoms with E-state index < -0.39 is 5.97 Å². The third-order valence-corrected chi connectivity index (χ3v) is 5.13. The lowest BCUT2D eigenvalue weighted by Gasteiger charge is -2.15. The number of fused-ring (bicyclic) bond motifs is 1. The summed E-state index contributed by atoms with van der Waals surface area (Å²) in [6, 6.07) is 3.27. The van der Waals surface area contributed by atoms with Crippen LogP contribution in [0.2, 0.25) is 5.02 Å². The minimum atomic E-state index is -1.15. The molecule has 0 radical (unpaired) electrons. The van der Waals surface area contributed by atoms with E-state index in [1.165, 1.54) is 19.3 Å². The fourth-order valence-electron chi connectivity index (χ4n) is 2.45. The molecule has 1 atom stereocenters. The van der Waals surface area contributed by atoms with Crippen LogP contribution in [0.4, 0.5) is 0 Å². The third kappa shape index (κ3) is 4.30. The van der Waals surface area contributed by atoms with Crippen molar-refractivity contribution in [1.82, 2.24) is 0 Å². The quantitative estimate of drug-likeness (QED) is 0.595. The summed E-state index contributed by atoms with van der Waals surface area (Å²) >= 11 is 7.23. The standard InChI is InChI=1S/C17H21ClO4S/c1-3-4-5-6-7-10(2)22-13-9-14-11(8-12(13)18)15(19)16(23-14)17(20)21/h8-10,19H,3-7H2,1-2H3,(H,20,21)/t10-/m1/s1. The maximum absolute atomic E-state index is 11.1. The number of hydrogen-bond acceptors (Lipinski definition) is 4. The Morgan fingerprint density at radius 3 is 2.74 bits per heavy atom. The van der Waals surface area contributed by atoms with Crippen LogP contribution in [0.5, 0.6) is 11.5 Å². The van der Waals surface area contributed by atoms with Crippen LogP contribution in [-0.2, 0) is 0 Å². The van der Waals surface area contributed by atoms with E-state index in [2.05, 4.69) is 6.92 Å². The largest absolute Gasteiger partial charge is 0.505 e. The molecule has 0 aliphatic carbocycles. The average Bonchev–Trinajstić information content (AvgIpc) is 2.81. The summed E-state index contributed by atoms with van der Waals surface area (Å²) in [6.45, 7) is 4.18. The molecule has 6 heteroatoms. The number of ether oxygens (including phenoxy) is 1.